The van der Waals surface area contributed by atoms with E-state index in [-0.39, 0.29) is 22.2 Å². The summed E-state index contributed by atoms with van der Waals surface area (Å²) in [5.41, 5.74) is 0.473. The summed E-state index contributed by atoms with van der Waals surface area (Å²) in [5, 5.41) is 0.519. The molecule has 0 saturated carbocycles. The molecule has 0 N–H and O–H groups in total. The summed E-state index contributed by atoms with van der Waals surface area (Å²) >= 11 is 12.3. The predicted molar refractivity (Wildman–Crippen MR) is 70.5 cm³/mol. The minimum atomic E-state index is -0.0620. The largest absolute Gasteiger partial charge is 0.491 e. The van der Waals surface area contributed by atoms with Crippen molar-refractivity contribution in [2.24, 2.45) is 0 Å². The van der Waals surface area contributed by atoms with E-state index >= 15 is 0 Å². The van der Waals surface area contributed by atoms with Crippen LogP contribution < -0.4 is 14.2 Å². The molecule has 0 amide bonds. The number of rotatable bonds is 5. The molecule has 18 heavy (non-hydrogen) atoms. The first-order valence-electron chi connectivity index (χ1n) is 5.13. The van der Waals surface area contributed by atoms with Gasteiger partial charge in [-0.2, -0.15) is 0 Å². The molecule has 0 aliphatic rings. The molecule has 0 saturated heterocycles. The van der Waals surface area contributed by atoms with E-state index in [1.54, 1.807) is 0 Å². The van der Waals surface area contributed by atoms with E-state index in [4.69, 9.17) is 37.4 Å². The molecule has 0 unspecified atom stereocenters. The zero-order valence-electron chi connectivity index (χ0n) is 10.6. The maximum atomic E-state index is 11.2. The molecule has 6 heteroatoms. The summed E-state index contributed by atoms with van der Waals surface area (Å²) in [6.07, 6.45) is 0.106. The number of halogens is 2. The topological polar surface area (TPSA) is 44.8 Å². The van der Waals surface area contributed by atoms with E-state index in [0.29, 0.717) is 22.8 Å². The summed E-state index contributed by atoms with van der Waals surface area (Å²) in [7, 11) is 4.36. The van der Waals surface area contributed by atoms with Crippen LogP contribution in [0.15, 0.2) is 0 Å². The zero-order chi connectivity index (χ0) is 13.9. The van der Waals surface area contributed by atoms with Crippen molar-refractivity contribution in [2.45, 2.75) is 13.3 Å². The Labute approximate surface area is 116 Å². The van der Waals surface area contributed by atoms with Gasteiger partial charge in [-0.05, 0) is 6.92 Å². The summed E-state index contributed by atoms with van der Waals surface area (Å²) in [4.78, 5) is 11.2. The molecule has 0 atom stereocenters. The van der Waals surface area contributed by atoms with E-state index < -0.39 is 0 Å². The van der Waals surface area contributed by atoms with E-state index in [0.717, 1.165) is 0 Å². The number of methoxy groups -OCH3 is 3. The van der Waals surface area contributed by atoms with Gasteiger partial charge in [0.25, 0.3) is 0 Å². The Morgan fingerprint density at radius 1 is 0.944 bits per heavy atom. The molecule has 1 rings (SSSR count). The summed E-state index contributed by atoms with van der Waals surface area (Å²) in [5.74, 6) is 0.851. The van der Waals surface area contributed by atoms with Crippen LogP contribution in [-0.4, -0.2) is 27.1 Å². The molecular formula is C12H14Cl2O4. The number of carbonyl (C=O) groups is 1. The zero-order valence-corrected chi connectivity index (χ0v) is 12.1. The van der Waals surface area contributed by atoms with Gasteiger partial charge in [0.1, 0.15) is 5.78 Å². The van der Waals surface area contributed by atoms with Crippen molar-refractivity contribution >= 4 is 29.0 Å². The van der Waals surface area contributed by atoms with Gasteiger partial charge in [0.15, 0.2) is 11.5 Å². The second-order valence-corrected chi connectivity index (χ2v) is 4.34. The van der Waals surface area contributed by atoms with Crippen molar-refractivity contribution in [2.75, 3.05) is 21.3 Å². The number of ketones is 1. The first-order chi connectivity index (χ1) is 8.47. The summed E-state index contributed by atoms with van der Waals surface area (Å²) < 4.78 is 15.5. The third kappa shape index (κ3) is 2.65. The van der Waals surface area contributed by atoms with Gasteiger partial charge in [0.2, 0.25) is 5.75 Å². The molecule has 1 aromatic carbocycles. The normalized spacial score (nSPS) is 10.1. The highest BCUT2D eigenvalue weighted by atomic mass is 35.5. The van der Waals surface area contributed by atoms with Crippen LogP contribution in [0.25, 0.3) is 0 Å². The van der Waals surface area contributed by atoms with Crippen molar-refractivity contribution in [3.8, 4) is 17.2 Å². The van der Waals surface area contributed by atoms with Crippen LogP contribution in [0.3, 0.4) is 0 Å². The molecule has 1 aromatic rings. The Hall–Kier alpha value is -1.13. The third-order valence-corrected chi connectivity index (χ3v) is 3.18. The number of ether oxygens (including phenoxy) is 3. The number of hydrogen-bond acceptors (Lipinski definition) is 4. The van der Waals surface area contributed by atoms with Gasteiger partial charge in [-0.15, -0.1) is 0 Å². The van der Waals surface area contributed by atoms with Crippen molar-refractivity contribution in [1.29, 1.82) is 0 Å². The minimum Gasteiger partial charge on any atom is -0.491 e. The van der Waals surface area contributed by atoms with Gasteiger partial charge in [0.05, 0.1) is 31.4 Å². The average Bonchev–Trinajstić information content (AvgIpc) is 2.33. The molecule has 0 heterocycles. The lowest BCUT2D eigenvalue weighted by Gasteiger charge is -2.18. The number of Topliss-reactive ketones (excluding diaryl/α,β-unsaturated/α-hetero) is 1. The van der Waals surface area contributed by atoms with Crippen molar-refractivity contribution < 1.29 is 19.0 Å². The molecule has 0 aromatic heterocycles. The highest BCUT2D eigenvalue weighted by molar-refractivity contribution is 6.38. The highest BCUT2D eigenvalue weighted by Gasteiger charge is 2.25. The van der Waals surface area contributed by atoms with E-state index in [1.165, 1.54) is 28.3 Å². The van der Waals surface area contributed by atoms with Crippen LogP contribution in [0.1, 0.15) is 12.5 Å². The fraction of sp³-hybridized carbons (Fsp3) is 0.417. The molecular weight excluding hydrogens is 279 g/mol. The van der Waals surface area contributed by atoms with Gasteiger partial charge < -0.3 is 14.2 Å². The van der Waals surface area contributed by atoms with E-state index in [9.17, 15) is 4.79 Å². The first-order valence-corrected chi connectivity index (χ1v) is 5.88. The van der Waals surface area contributed by atoms with Crippen molar-refractivity contribution in [3.05, 3.63) is 15.6 Å². The molecule has 0 fully saturated rings. The number of hydrogen-bond donors (Lipinski definition) is 0. The lowest BCUT2D eigenvalue weighted by atomic mass is 10.1. The quantitative estimate of drug-likeness (QED) is 0.836. The Morgan fingerprint density at radius 3 is 1.61 bits per heavy atom. The number of benzene rings is 1. The molecule has 0 aliphatic carbocycles. The monoisotopic (exact) mass is 292 g/mol. The Kier molecular flexibility index (Phi) is 5.11. The van der Waals surface area contributed by atoms with E-state index in [2.05, 4.69) is 0 Å². The van der Waals surface area contributed by atoms with Crippen LogP contribution >= 0.6 is 23.2 Å². The van der Waals surface area contributed by atoms with Crippen LogP contribution in [0.4, 0.5) is 0 Å². The molecule has 0 radical (unpaired) electrons. The Morgan fingerprint density at radius 2 is 1.33 bits per heavy atom. The van der Waals surface area contributed by atoms with Crippen LogP contribution in [0, 0.1) is 0 Å². The molecule has 100 valence electrons. The second kappa shape index (κ2) is 6.16. The van der Waals surface area contributed by atoms with Crippen LogP contribution in [-0.2, 0) is 11.2 Å². The fourth-order valence-electron chi connectivity index (χ4n) is 1.63. The standard InChI is InChI=1S/C12H14Cl2O4/c1-6(15)5-7-8(13)10(16-2)12(18-4)11(17-3)9(7)14/h5H2,1-4H3. The lowest BCUT2D eigenvalue weighted by molar-refractivity contribution is -0.116. The van der Waals surface area contributed by atoms with Crippen LogP contribution in [0.2, 0.25) is 10.0 Å². The number of carbonyl (C=O) groups excluding carboxylic acids is 1. The smallest absolute Gasteiger partial charge is 0.206 e. The minimum absolute atomic E-state index is 0.0620. The fourth-order valence-corrected chi connectivity index (χ4v) is 2.32. The average molecular weight is 293 g/mol. The van der Waals surface area contributed by atoms with Crippen molar-refractivity contribution in [3.63, 3.8) is 0 Å². The molecule has 0 aliphatic heterocycles. The SMILES string of the molecule is COc1c(Cl)c(CC(C)=O)c(Cl)c(OC)c1OC. The Bertz CT molecular complexity index is 441. The van der Waals surface area contributed by atoms with Crippen LogP contribution in [0.5, 0.6) is 17.2 Å². The molecule has 4 nitrogen and oxygen atoms in total. The lowest BCUT2D eigenvalue weighted by Crippen LogP contribution is -2.04. The maximum absolute atomic E-state index is 11.2. The van der Waals surface area contributed by atoms with E-state index in [1.807, 2.05) is 0 Å². The van der Waals surface area contributed by atoms with Gasteiger partial charge in [-0.3, -0.25) is 4.79 Å². The van der Waals surface area contributed by atoms with Gasteiger partial charge in [-0.25, -0.2) is 0 Å². The highest BCUT2D eigenvalue weighted by Crippen LogP contribution is 2.50. The summed E-state index contributed by atoms with van der Waals surface area (Å²) in [6.45, 7) is 1.45. The Balaban J connectivity index is 3.58. The third-order valence-electron chi connectivity index (χ3n) is 2.38. The van der Waals surface area contributed by atoms with Gasteiger partial charge in [-0.1, -0.05) is 23.2 Å². The van der Waals surface area contributed by atoms with Gasteiger partial charge >= 0.3 is 0 Å². The second-order valence-electron chi connectivity index (χ2n) is 3.59. The first kappa shape index (κ1) is 14.9. The molecule has 0 spiro atoms. The summed E-state index contributed by atoms with van der Waals surface area (Å²) in [6, 6.07) is 0. The predicted octanol–water partition coefficient (Wildman–Crippen LogP) is 3.15. The van der Waals surface area contributed by atoms with Crippen molar-refractivity contribution in [1.82, 2.24) is 0 Å². The molecule has 0 bridgehead atoms. The van der Waals surface area contributed by atoms with Gasteiger partial charge in [0, 0.05) is 12.0 Å². The maximum Gasteiger partial charge on any atom is 0.206 e.